The molecule has 0 fully saturated rings. The SMILES string of the molecule is CC(CCCN(C)C)Nc1cccc2c(Cl)cccc12. The lowest BCUT2D eigenvalue weighted by Gasteiger charge is -2.18. The van der Waals surface area contributed by atoms with Crippen LogP contribution in [0.25, 0.3) is 10.8 Å². The molecular weight excluding hydrogens is 268 g/mol. The van der Waals surface area contributed by atoms with Crippen molar-refractivity contribution in [3.05, 3.63) is 41.4 Å². The van der Waals surface area contributed by atoms with Crippen molar-refractivity contribution in [2.24, 2.45) is 0 Å². The molecule has 0 aliphatic carbocycles. The van der Waals surface area contributed by atoms with Crippen molar-refractivity contribution in [3.8, 4) is 0 Å². The van der Waals surface area contributed by atoms with E-state index in [2.05, 4.69) is 55.5 Å². The maximum absolute atomic E-state index is 6.25. The molecule has 3 heteroatoms. The molecular formula is C17H23ClN2. The Morgan fingerprint density at radius 2 is 1.80 bits per heavy atom. The largest absolute Gasteiger partial charge is 0.382 e. The van der Waals surface area contributed by atoms with Crippen LogP contribution in [-0.4, -0.2) is 31.6 Å². The van der Waals surface area contributed by atoms with Crippen LogP contribution in [0.2, 0.25) is 5.02 Å². The Morgan fingerprint density at radius 3 is 2.55 bits per heavy atom. The molecule has 0 heterocycles. The van der Waals surface area contributed by atoms with Crippen molar-refractivity contribution >= 4 is 28.1 Å². The summed E-state index contributed by atoms with van der Waals surface area (Å²) in [4.78, 5) is 2.23. The number of halogens is 1. The van der Waals surface area contributed by atoms with Crippen LogP contribution in [-0.2, 0) is 0 Å². The molecule has 0 bridgehead atoms. The third-order valence-corrected chi connectivity index (χ3v) is 3.84. The second-order valence-corrected chi connectivity index (χ2v) is 6.04. The molecule has 2 nitrogen and oxygen atoms in total. The molecule has 1 unspecified atom stereocenters. The first kappa shape index (κ1) is 15.1. The van der Waals surface area contributed by atoms with Gasteiger partial charge in [-0.3, -0.25) is 0 Å². The Bertz CT molecular complexity index is 566. The van der Waals surface area contributed by atoms with Crippen LogP contribution >= 0.6 is 11.6 Å². The van der Waals surface area contributed by atoms with E-state index < -0.39 is 0 Å². The van der Waals surface area contributed by atoms with E-state index in [1.54, 1.807) is 0 Å². The third-order valence-electron chi connectivity index (χ3n) is 3.51. The average molecular weight is 291 g/mol. The van der Waals surface area contributed by atoms with Gasteiger partial charge in [0.1, 0.15) is 0 Å². The fraction of sp³-hybridized carbons (Fsp3) is 0.412. The highest BCUT2D eigenvalue weighted by molar-refractivity contribution is 6.35. The standard InChI is InChI=1S/C17H23ClN2/c1-13(7-6-12-20(2)3)19-17-11-5-8-14-15(17)9-4-10-16(14)18/h4-5,8-11,13,19H,6-7,12H2,1-3H3. The Labute approximate surface area is 126 Å². The lowest BCUT2D eigenvalue weighted by atomic mass is 10.1. The molecule has 0 amide bonds. The zero-order valence-electron chi connectivity index (χ0n) is 12.5. The van der Waals surface area contributed by atoms with Gasteiger partial charge in [0.2, 0.25) is 0 Å². The second-order valence-electron chi connectivity index (χ2n) is 5.63. The van der Waals surface area contributed by atoms with Gasteiger partial charge in [0.05, 0.1) is 0 Å². The van der Waals surface area contributed by atoms with Gasteiger partial charge in [-0.15, -0.1) is 0 Å². The van der Waals surface area contributed by atoms with Crippen LogP contribution in [0.1, 0.15) is 19.8 Å². The average Bonchev–Trinajstić information content (AvgIpc) is 2.39. The topological polar surface area (TPSA) is 15.3 Å². The van der Waals surface area contributed by atoms with Crippen LogP contribution in [0.3, 0.4) is 0 Å². The fourth-order valence-electron chi connectivity index (χ4n) is 2.45. The van der Waals surface area contributed by atoms with E-state index >= 15 is 0 Å². The van der Waals surface area contributed by atoms with E-state index in [0.717, 1.165) is 23.4 Å². The lowest BCUT2D eigenvalue weighted by molar-refractivity contribution is 0.390. The number of anilines is 1. The van der Waals surface area contributed by atoms with Gasteiger partial charge < -0.3 is 10.2 Å². The second kappa shape index (κ2) is 6.96. The predicted octanol–water partition coefficient (Wildman–Crippen LogP) is 4.64. The number of nitrogens with zero attached hydrogens (tertiary/aromatic N) is 1. The minimum absolute atomic E-state index is 0.458. The Balaban J connectivity index is 2.08. The number of fused-ring (bicyclic) bond motifs is 1. The van der Waals surface area contributed by atoms with Crippen LogP contribution in [0.15, 0.2) is 36.4 Å². The lowest BCUT2D eigenvalue weighted by Crippen LogP contribution is -2.19. The number of nitrogens with one attached hydrogen (secondary N) is 1. The molecule has 2 rings (SSSR count). The van der Waals surface area contributed by atoms with Crippen LogP contribution in [0.4, 0.5) is 5.69 Å². The summed E-state index contributed by atoms with van der Waals surface area (Å²) in [6, 6.07) is 12.8. The molecule has 0 spiro atoms. The van der Waals surface area contributed by atoms with Crippen molar-refractivity contribution in [2.45, 2.75) is 25.8 Å². The van der Waals surface area contributed by atoms with Gasteiger partial charge in [-0.25, -0.2) is 0 Å². The number of hydrogen-bond donors (Lipinski definition) is 1. The highest BCUT2D eigenvalue weighted by Gasteiger charge is 2.07. The van der Waals surface area contributed by atoms with Gasteiger partial charge in [0.25, 0.3) is 0 Å². The molecule has 0 aromatic heterocycles. The van der Waals surface area contributed by atoms with E-state index in [0.29, 0.717) is 6.04 Å². The van der Waals surface area contributed by atoms with Gasteiger partial charge in [0.15, 0.2) is 0 Å². The molecule has 0 aliphatic heterocycles. The smallest absolute Gasteiger partial charge is 0.0485 e. The maximum Gasteiger partial charge on any atom is 0.0485 e. The number of benzene rings is 2. The minimum atomic E-state index is 0.458. The monoisotopic (exact) mass is 290 g/mol. The summed E-state index contributed by atoms with van der Waals surface area (Å²) in [5.74, 6) is 0. The van der Waals surface area contributed by atoms with Crippen molar-refractivity contribution in [1.29, 1.82) is 0 Å². The molecule has 108 valence electrons. The quantitative estimate of drug-likeness (QED) is 0.834. The summed E-state index contributed by atoms with van der Waals surface area (Å²) < 4.78 is 0. The summed E-state index contributed by atoms with van der Waals surface area (Å²) in [6.45, 7) is 3.37. The van der Waals surface area contributed by atoms with Gasteiger partial charge in [0, 0.05) is 27.5 Å². The summed E-state index contributed by atoms with van der Waals surface area (Å²) >= 11 is 6.25. The van der Waals surface area contributed by atoms with Crippen LogP contribution in [0.5, 0.6) is 0 Å². The van der Waals surface area contributed by atoms with Gasteiger partial charge in [-0.2, -0.15) is 0 Å². The zero-order valence-corrected chi connectivity index (χ0v) is 13.2. The highest BCUT2D eigenvalue weighted by atomic mass is 35.5. The number of rotatable bonds is 6. The maximum atomic E-state index is 6.25. The van der Waals surface area contributed by atoms with E-state index in [4.69, 9.17) is 11.6 Å². The van der Waals surface area contributed by atoms with Crippen LogP contribution in [0, 0.1) is 0 Å². The van der Waals surface area contributed by atoms with Crippen molar-refractivity contribution < 1.29 is 0 Å². The van der Waals surface area contributed by atoms with Gasteiger partial charge in [-0.1, -0.05) is 35.9 Å². The first-order chi connectivity index (χ1) is 9.58. The fourth-order valence-corrected chi connectivity index (χ4v) is 2.69. The molecule has 0 saturated carbocycles. The van der Waals surface area contributed by atoms with E-state index in [1.165, 1.54) is 17.5 Å². The third kappa shape index (κ3) is 3.87. The molecule has 0 saturated heterocycles. The molecule has 1 N–H and O–H groups in total. The normalized spacial score (nSPS) is 12.8. The Kier molecular flexibility index (Phi) is 5.27. The summed E-state index contributed by atoms with van der Waals surface area (Å²) in [5.41, 5.74) is 1.17. The first-order valence-corrected chi connectivity index (χ1v) is 7.54. The zero-order chi connectivity index (χ0) is 14.5. The van der Waals surface area contributed by atoms with Crippen molar-refractivity contribution in [1.82, 2.24) is 4.90 Å². The molecule has 1 atom stereocenters. The predicted molar refractivity (Wildman–Crippen MR) is 89.8 cm³/mol. The van der Waals surface area contributed by atoms with Crippen molar-refractivity contribution in [3.63, 3.8) is 0 Å². The summed E-state index contributed by atoms with van der Waals surface area (Å²) in [6.07, 6.45) is 2.36. The Morgan fingerprint density at radius 1 is 1.10 bits per heavy atom. The van der Waals surface area contributed by atoms with E-state index in [9.17, 15) is 0 Å². The summed E-state index contributed by atoms with van der Waals surface area (Å²) in [7, 11) is 4.23. The van der Waals surface area contributed by atoms with E-state index in [-0.39, 0.29) is 0 Å². The Hall–Kier alpha value is -1.25. The summed E-state index contributed by atoms with van der Waals surface area (Å²) in [5, 5.41) is 6.72. The van der Waals surface area contributed by atoms with Gasteiger partial charge in [-0.05, 0) is 52.5 Å². The van der Waals surface area contributed by atoms with Crippen LogP contribution < -0.4 is 5.32 Å². The van der Waals surface area contributed by atoms with Gasteiger partial charge >= 0.3 is 0 Å². The number of hydrogen-bond acceptors (Lipinski definition) is 2. The molecule has 20 heavy (non-hydrogen) atoms. The minimum Gasteiger partial charge on any atom is -0.382 e. The highest BCUT2D eigenvalue weighted by Crippen LogP contribution is 2.29. The first-order valence-electron chi connectivity index (χ1n) is 7.16. The molecule has 2 aromatic rings. The molecule has 0 radical (unpaired) electrons. The van der Waals surface area contributed by atoms with E-state index in [1.807, 2.05) is 12.1 Å². The van der Waals surface area contributed by atoms with Crippen molar-refractivity contribution in [2.75, 3.05) is 26.0 Å². The molecule has 2 aromatic carbocycles. The molecule has 0 aliphatic rings.